The molecule has 1 aromatic heterocycles. The first kappa shape index (κ1) is 15.6. The molecule has 116 valence electrons. The van der Waals surface area contributed by atoms with Crippen LogP contribution in [0.2, 0.25) is 0 Å². The number of rotatable bonds is 5. The molecule has 1 heterocycles. The van der Waals surface area contributed by atoms with E-state index in [2.05, 4.69) is 17.2 Å². The number of nitrogens with zero attached hydrogens (tertiary/aromatic N) is 1. The van der Waals surface area contributed by atoms with Gasteiger partial charge in [-0.3, -0.25) is 0 Å². The minimum absolute atomic E-state index is 0.337. The minimum Gasteiger partial charge on any atom is -0.462 e. The number of esters is 1. The number of nitrogens with one attached hydrogen (secondary N) is 1. The van der Waals surface area contributed by atoms with Crippen LogP contribution in [0.4, 0.5) is 11.5 Å². The molecule has 0 spiro atoms. The highest BCUT2D eigenvalue weighted by molar-refractivity contribution is 5.97. The molecule has 1 aliphatic rings. The smallest absolute Gasteiger partial charge is 0.340 e. The van der Waals surface area contributed by atoms with E-state index in [0.29, 0.717) is 35.6 Å². The van der Waals surface area contributed by atoms with Gasteiger partial charge in [0.05, 0.1) is 17.9 Å². The van der Waals surface area contributed by atoms with Crippen LogP contribution in [0.25, 0.3) is 0 Å². The molecule has 0 amide bonds. The van der Waals surface area contributed by atoms with Crippen LogP contribution < -0.4 is 11.1 Å². The van der Waals surface area contributed by atoms with Crippen LogP contribution >= 0.6 is 0 Å². The maximum atomic E-state index is 11.9. The van der Waals surface area contributed by atoms with E-state index in [9.17, 15) is 4.79 Å². The fraction of sp³-hybridized carbons (Fsp3) is 0.625. The topological polar surface area (TPSA) is 77.2 Å². The van der Waals surface area contributed by atoms with Crippen LogP contribution in [-0.2, 0) is 4.74 Å². The Balaban J connectivity index is 2.16. The van der Waals surface area contributed by atoms with Crippen molar-refractivity contribution in [2.75, 3.05) is 17.7 Å². The van der Waals surface area contributed by atoms with Crippen LogP contribution in [0.1, 0.15) is 56.3 Å². The molecule has 1 aliphatic carbocycles. The van der Waals surface area contributed by atoms with Gasteiger partial charge in [0.2, 0.25) is 0 Å². The van der Waals surface area contributed by atoms with Gasteiger partial charge >= 0.3 is 5.97 Å². The van der Waals surface area contributed by atoms with Gasteiger partial charge in [0.15, 0.2) is 0 Å². The summed E-state index contributed by atoms with van der Waals surface area (Å²) in [6.45, 7) is 4.34. The average Bonchev–Trinajstić information content (AvgIpc) is 2.50. The molecule has 0 radical (unpaired) electrons. The van der Waals surface area contributed by atoms with Crippen molar-refractivity contribution in [1.82, 2.24) is 4.98 Å². The number of hydrogen-bond donors (Lipinski definition) is 2. The second-order valence-electron chi connectivity index (χ2n) is 5.54. The highest BCUT2D eigenvalue weighted by Crippen LogP contribution is 2.31. The number of anilines is 2. The third-order valence-corrected chi connectivity index (χ3v) is 4.24. The Hall–Kier alpha value is -1.78. The van der Waals surface area contributed by atoms with Gasteiger partial charge in [0, 0.05) is 12.2 Å². The number of pyridine rings is 1. The van der Waals surface area contributed by atoms with Crippen LogP contribution in [0.15, 0.2) is 12.3 Å². The number of carbonyl (C=O) groups excluding carboxylic acids is 1. The second-order valence-corrected chi connectivity index (χ2v) is 5.54. The third-order valence-electron chi connectivity index (χ3n) is 4.24. The van der Waals surface area contributed by atoms with Gasteiger partial charge in [-0.25, -0.2) is 9.78 Å². The predicted molar refractivity (Wildman–Crippen MR) is 84.3 cm³/mol. The first-order valence-corrected chi connectivity index (χ1v) is 7.85. The Morgan fingerprint density at radius 2 is 2.19 bits per heavy atom. The second kappa shape index (κ2) is 7.29. The van der Waals surface area contributed by atoms with Gasteiger partial charge in [-0.1, -0.05) is 26.2 Å². The summed E-state index contributed by atoms with van der Waals surface area (Å²) in [4.78, 5) is 16.2. The van der Waals surface area contributed by atoms with Gasteiger partial charge in [-0.15, -0.1) is 0 Å². The van der Waals surface area contributed by atoms with E-state index in [1.165, 1.54) is 19.3 Å². The maximum Gasteiger partial charge on any atom is 0.340 e. The lowest BCUT2D eigenvalue weighted by Crippen LogP contribution is -2.32. The quantitative estimate of drug-likeness (QED) is 0.814. The number of carbonyl (C=O) groups is 1. The summed E-state index contributed by atoms with van der Waals surface area (Å²) in [5.74, 6) is 0.855. The summed E-state index contributed by atoms with van der Waals surface area (Å²) in [6.07, 6.45) is 7.65. The molecule has 2 unspecified atom stereocenters. The molecule has 2 atom stereocenters. The summed E-state index contributed by atoms with van der Waals surface area (Å²) >= 11 is 0. The molecule has 0 aromatic carbocycles. The van der Waals surface area contributed by atoms with Crippen molar-refractivity contribution in [3.8, 4) is 0 Å². The van der Waals surface area contributed by atoms with E-state index in [-0.39, 0.29) is 0 Å². The minimum atomic E-state index is -0.392. The molecule has 0 aliphatic heterocycles. The number of ether oxygens (including phenoxy) is 1. The van der Waals surface area contributed by atoms with E-state index < -0.39 is 5.97 Å². The van der Waals surface area contributed by atoms with E-state index in [1.54, 1.807) is 19.2 Å². The molecular formula is C16H25N3O2. The van der Waals surface area contributed by atoms with Crippen LogP contribution in [0, 0.1) is 5.92 Å². The number of nitrogen functional groups attached to an aromatic ring is 1. The summed E-state index contributed by atoms with van der Waals surface area (Å²) < 4.78 is 5.02. The lowest BCUT2D eigenvalue weighted by molar-refractivity contribution is 0.0527. The number of nitrogens with two attached hydrogens (primary N) is 1. The zero-order valence-electron chi connectivity index (χ0n) is 12.9. The molecule has 5 nitrogen and oxygen atoms in total. The molecule has 1 aromatic rings. The van der Waals surface area contributed by atoms with E-state index in [1.807, 2.05) is 0 Å². The van der Waals surface area contributed by atoms with Crippen molar-refractivity contribution in [3.05, 3.63) is 17.8 Å². The molecule has 5 heteroatoms. The molecule has 0 saturated heterocycles. The van der Waals surface area contributed by atoms with Gasteiger partial charge in [-0.2, -0.15) is 0 Å². The predicted octanol–water partition coefficient (Wildman–Crippen LogP) is 3.22. The summed E-state index contributed by atoms with van der Waals surface area (Å²) in [6, 6.07) is 1.99. The molecule has 3 N–H and O–H groups in total. The molecule has 1 saturated carbocycles. The SMILES string of the molecule is CCOC(=O)c1ccnc(NC2CCCCC2CC)c1N. The summed E-state index contributed by atoms with van der Waals surface area (Å²) in [5.41, 5.74) is 6.87. The fourth-order valence-corrected chi connectivity index (χ4v) is 3.04. The number of hydrogen-bond acceptors (Lipinski definition) is 5. The van der Waals surface area contributed by atoms with E-state index in [0.717, 1.165) is 12.8 Å². The van der Waals surface area contributed by atoms with Crippen molar-refractivity contribution >= 4 is 17.5 Å². The Morgan fingerprint density at radius 3 is 2.90 bits per heavy atom. The summed E-state index contributed by atoms with van der Waals surface area (Å²) in [7, 11) is 0. The molecule has 1 fully saturated rings. The Kier molecular flexibility index (Phi) is 5.42. The molecule has 21 heavy (non-hydrogen) atoms. The van der Waals surface area contributed by atoms with Crippen LogP contribution in [0.3, 0.4) is 0 Å². The Bertz CT molecular complexity index is 490. The highest BCUT2D eigenvalue weighted by Gasteiger charge is 2.25. The van der Waals surface area contributed by atoms with Crippen molar-refractivity contribution in [1.29, 1.82) is 0 Å². The highest BCUT2D eigenvalue weighted by atomic mass is 16.5. The average molecular weight is 291 g/mol. The van der Waals surface area contributed by atoms with Gasteiger partial charge < -0.3 is 15.8 Å². The van der Waals surface area contributed by atoms with Crippen LogP contribution in [-0.4, -0.2) is 23.6 Å². The zero-order valence-corrected chi connectivity index (χ0v) is 12.9. The van der Waals surface area contributed by atoms with E-state index in [4.69, 9.17) is 10.5 Å². The van der Waals surface area contributed by atoms with Gasteiger partial charge in [-0.05, 0) is 31.7 Å². The lowest BCUT2D eigenvalue weighted by Gasteiger charge is -2.32. The largest absolute Gasteiger partial charge is 0.462 e. The van der Waals surface area contributed by atoms with Gasteiger partial charge in [0.25, 0.3) is 0 Å². The van der Waals surface area contributed by atoms with E-state index >= 15 is 0 Å². The first-order valence-electron chi connectivity index (χ1n) is 7.85. The van der Waals surface area contributed by atoms with Crippen molar-refractivity contribution in [2.45, 2.75) is 52.0 Å². The third kappa shape index (κ3) is 3.65. The van der Waals surface area contributed by atoms with Crippen molar-refractivity contribution in [2.24, 2.45) is 5.92 Å². The molecular weight excluding hydrogens is 266 g/mol. The van der Waals surface area contributed by atoms with Gasteiger partial charge in [0.1, 0.15) is 5.82 Å². The van der Waals surface area contributed by atoms with Crippen molar-refractivity contribution in [3.63, 3.8) is 0 Å². The standard InChI is InChI=1S/C16H25N3O2/c1-3-11-7-5-6-8-13(11)19-15-14(17)12(9-10-18-15)16(20)21-4-2/h9-11,13H,3-8,17H2,1-2H3,(H,18,19). The number of aromatic nitrogens is 1. The summed E-state index contributed by atoms with van der Waals surface area (Å²) in [5, 5.41) is 3.44. The van der Waals surface area contributed by atoms with Crippen molar-refractivity contribution < 1.29 is 9.53 Å². The molecule has 0 bridgehead atoms. The maximum absolute atomic E-state index is 11.9. The Labute approximate surface area is 126 Å². The normalized spacial score (nSPS) is 21.8. The van der Waals surface area contributed by atoms with Crippen LogP contribution in [0.5, 0.6) is 0 Å². The fourth-order valence-electron chi connectivity index (χ4n) is 3.04. The molecule has 2 rings (SSSR count). The first-order chi connectivity index (χ1) is 10.2. The Morgan fingerprint density at radius 1 is 1.43 bits per heavy atom. The monoisotopic (exact) mass is 291 g/mol. The lowest BCUT2D eigenvalue weighted by atomic mass is 9.83. The zero-order chi connectivity index (χ0) is 15.2.